The molecule has 0 atom stereocenters. The first-order chi connectivity index (χ1) is 9.83. The second kappa shape index (κ2) is 8.39. The minimum Gasteiger partial charge on any atom is -0.241 e. The molecule has 1 heterocycles. The third-order valence-electron chi connectivity index (χ3n) is 4.69. The standard InChI is InChI=1S/C18H30N2/c1-3-5-6-8-15-9-11-17(12-10-15)18-19-13-16(7-4-2)14-20-18/h13-15,17H,3-12H2,1-2H3/t15-,17-. The summed E-state index contributed by atoms with van der Waals surface area (Å²) in [5, 5.41) is 0. The molecule has 0 spiro atoms. The summed E-state index contributed by atoms with van der Waals surface area (Å²) in [5.74, 6) is 2.68. The largest absolute Gasteiger partial charge is 0.241 e. The molecule has 1 aliphatic carbocycles. The van der Waals surface area contributed by atoms with E-state index < -0.39 is 0 Å². The average Bonchev–Trinajstić information content (AvgIpc) is 2.49. The van der Waals surface area contributed by atoms with Gasteiger partial charge in [-0.25, -0.2) is 9.97 Å². The van der Waals surface area contributed by atoms with Crippen molar-refractivity contribution < 1.29 is 0 Å². The van der Waals surface area contributed by atoms with E-state index in [4.69, 9.17) is 0 Å². The van der Waals surface area contributed by atoms with Gasteiger partial charge in [-0.1, -0.05) is 46.0 Å². The maximum Gasteiger partial charge on any atom is 0.131 e. The highest BCUT2D eigenvalue weighted by atomic mass is 14.9. The summed E-state index contributed by atoms with van der Waals surface area (Å²) in [6.45, 7) is 4.49. The molecule has 0 saturated heterocycles. The molecule has 2 nitrogen and oxygen atoms in total. The Hall–Kier alpha value is -0.920. The Morgan fingerprint density at radius 2 is 1.65 bits per heavy atom. The van der Waals surface area contributed by atoms with Crippen LogP contribution in [0.5, 0.6) is 0 Å². The first-order valence-electron chi connectivity index (χ1n) is 8.64. The van der Waals surface area contributed by atoms with Crippen molar-refractivity contribution >= 4 is 0 Å². The van der Waals surface area contributed by atoms with Crippen LogP contribution in [-0.2, 0) is 6.42 Å². The molecular formula is C18H30N2. The molecule has 1 aromatic heterocycles. The molecule has 0 unspecified atom stereocenters. The Labute approximate surface area is 124 Å². The van der Waals surface area contributed by atoms with Crippen molar-refractivity contribution in [2.75, 3.05) is 0 Å². The van der Waals surface area contributed by atoms with Crippen LogP contribution in [-0.4, -0.2) is 9.97 Å². The SMILES string of the molecule is CCCCC[C@H]1CC[C@H](c2ncc(CCC)cn2)CC1. The van der Waals surface area contributed by atoms with Gasteiger partial charge < -0.3 is 0 Å². The highest BCUT2D eigenvalue weighted by molar-refractivity contribution is 5.08. The molecule has 20 heavy (non-hydrogen) atoms. The lowest BCUT2D eigenvalue weighted by Gasteiger charge is -2.27. The molecular weight excluding hydrogens is 244 g/mol. The van der Waals surface area contributed by atoms with Crippen LogP contribution in [0, 0.1) is 5.92 Å². The predicted molar refractivity (Wildman–Crippen MR) is 84.9 cm³/mol. The highest BCUT2D eigenvalue weighted by Crippen LogP contribution is 2.36. The van der Waals surface area contributed by atoms with Crippen LogP contribution in [0.25, 0.3) is 0 Å². The van der Waals surface area contributed by atoms with E-state index in [1.165, 1.54) is 63.4 Å². The first kappa shape index (κ1) is 15.5. The van der Waals surface area contributed by atoms with Crippen LogP contribution in [0.1, 0.15) is 88.9 Å². The third kappa shape index (κ3) is 4.57. The molecule has 2 heteroatoms. The van der Waals surface area contributed by atoms with E-state index >= 15 is 0 Å². The van der Waals surface area contributed by atoms with Gasteiger partial charge in [0.05, 0.1) is 0 Å². The fourth-order valence-electron chi connectivity index (χ4n) is 3.39. The Morgan fingerprint density at radius 1 is 0.950 bits per heavy atom. The molecule has 0 aromatic carbocycles. The van der Waals surface area contributed by atoms with Crippen molar-refractivity contribution in [3.05, 3.63) is 23.8 Å². The van der Waals surface area contributed by atoms with Gasteiger partial charge in [-0.2, -0.15) is 0 Å². The lowest BCUT2D eigenvalue weighted by Crippen LogP contribution is -2.15. The summed E-state index contributed by atoms with van der Waals surface area (Å²) in [4.78, 5) is 9.22. The third-order valence-corrected chi connectivity index (χ3v) is 4.69. The fraction of sp³-hybridized carbons (Fsp3) is 0.778. The van der Waals surface area contributed by atoms with Crippen LogP contribution in [0.2, 0.25) is 0 Å². The average molecular weight is 274 g/mol. The Bertz CT molecular complexity index is 364. The summed E-state index contributed by atoms with van der Waals surface area (Å²) >= 11 is 0. The predicted octanol–water partition coefficient (Wildman–Crippen LogP) is 5.28. The number of nitrogens with zero attached hydrogens (tertiary/aromatic N) is 2. The van der Waals surface area contributed by atoms with Crippen molar-refractivity contribution in [3.63, 3.8) is 0 Å². The summed E-state index contributed by atoms with van der Waals surface area (Å²) in [7, 11) is 0. The van der Waals surface area contributed by atoms with E-state index in [0.717, 1.165) is 18.2 Å². The second-order valence-electron chi connectivity index (χ2n) is 6.41. The molecule has 0 amide bonds. The lowest BCUT2D eigenvalue weighted by molar-refractivity contribution is 0.297. The molecule has 1 aromatic rings. The van der Waals surface area contributed by atoms with Crippen molar-refractivity contribution in [1.29, 1.82) is 0 Å². The molecule has 0 radical (unpaired) electrons. The molecule has 1 fully saturated rings. The highest BCUT2D eigenvalue weighted by Gasteiger charge is 2.23. The maximum atomic E-state index is 4.61. The number of hydrogen-bond donors (Lipinski definition) is 0. The summed E-state index contributed by atoms with van der Waals surface area (Å²) < 4.78 is 0. The van der Waals surface area contributed by atoms with Gasteiger partial charge in [0.15, 0.2) is 0 Å². The molecule has 112 valence electrons. The number of hydrogen-bond acceptors (Lipinski definition) is 2. The van der Waals surface area contributed by atoms with Crippen LogP contribution >= 0.6 is 0 Å². The summed E-state index contributed by atoms with van der Waals surface area (Å²) in [6, 6.07) is 0. The van der Waals surface area contributed by atoms with E-state index in [-0.39, 0.29) is 0 Å². The Kier molecular flexibility index (Phi) is 6.49. The van der Waals surface area contributed by atoms with Crippen molar-refractivity contribution in [2.45, 2.75) is 84.0 Å². The molecule has 2 rings (SSSR count). The molecule has 0 bridgehead atoms. The second-order valence-corrected chi connectivity index (χ2v) is 6.41. The zero-order valence-corrected chi connectivity index (χ0v) is 13.3. The number of aryl methyl sites for hydroxylation is 1. The molecule has 0 N–H and O–H groups in total. The Morgan fingerprint density at radius 3 is 2.25 bits per heavy atom. The van der Waals surface area contributed by atoms with Crippen LogP contribution in [0.15, 0.2) is 12.4 Å². The van der Waals surface area contributed by atoms with Crippen molar-refractivity contribution in [2.24, 2.45) is 5.92 Å². The minimum atomic E-state index is 0.619. The molecule has 1 saturated carbocycles. The van der Waals surface area contributed by atoms with Gasteiger partial charge in [-0.15, -0.1) is 0 Å². The number of unbranched alkanes of at least 4 members (excludes halogenated alkanes) is 2. The van der Waals surface area contributed by atoms with Gasteiger partial charge in [0.1, 0.15) is 5.82 Å². The van der Waals surface area contributed by atoms with E-state index in [0.29, 0.717) is 5.92 Å². The van der Waals surface area contributed by atoms with Gasteiger partial charge in [0.25, 0.3) is 0 Å². The summed E-state index contributed by atoms with van der Waals surface area (Å²) in [6.07, 6.45) is 17.3. The van der Waals surface area contributed by atoms with Crippen molar-refractivity contribution in [1.82, 2.24) is 9.97 Å². The van der Waals surface area contributed by atoms with Gasteiger partial charge in [0, 0.05) is 18.3 Å². The number of rotatable bonds is 7. The number of aromatic nitrogens is 2. The fourth-order valence-corrected chi connectivity index (χ4v) is 3.39. The first-order valence-corrected chi connectivity index (χ1v) is 8.64. The Balaban J connectivity index is 1.78. The molecule has 0 aliphatic heterocycles. The van der Waals surface area contributed by atoms with Crippen LogP contribution < -0.4 is 0 Å². The maximum absolute atomic E-state index is 4.61. The van der Waals surface area contributed by atoms with Gasteiger partial charge >= 0.3 is 0 Å². The quantitative estimate of drug-likeness (QED) is 0.632. The van der Waals surface area contributed by atoms with Gasteiger partial charge in [-0.05, 0) is 43.6 Å². The van der Waals surface area contributed by atoms with Gasteiger partial charge in [-0.3, -0.25) is 0 Å². The monoisotopic (exact) mass is 274 g/mol. The molecule has 1 aliphatic rings. The van der Waals surface area contributed by atoms with E-state index in [2.05, 4.69) is 23.8 Å². The topological polar surface area (TPSA) is 25.8 Å². The van der Waals surface area contributed by atoms with Crippen LogP contribution in [0.4, 0.5) is 0 Å². The minimum absolute atomic E-state index is 0.619. The zero-order chi connectivity index (χ0) is 14.2. The normalized spacial score (nSPS) is 22.9. The van der Waals surface area contributed by atoms with Gasteiger partial charge in [0.2, 0.25) is 0 Å². The van der Waals surface area contributed by atoms with E-state index in [1.54, 1.807) is 0 Å². The van der Waals surface area contributed by atoms with Crippen molar-refractivity contribution in [3.8, 4) is 0 Å². The lowest BCUT2D eigenvalue weighted by atomic mass is 9.79. The summed E-state index contributed by atoms with van der Waals surface area (Å²) in [5.41, 5.74) is 1.28. The van der Waals surface area contributed by atoms with Crippen LogP contribution in [0.3, 0.4) is 0 Å². The van der Waals surface area contributed by atoms with E-state index in [9.17, 15) is 0 Å². The zero-order valence-electron chi connectivity index (χ0n) is 13.3. The smallest absolute Gasteiger partial charge is 0.131 e. The van der Waals surface area contributed by atoms with E-state index in [1.807, 2.05) is 12.4 Å².